The van der Waals surface area contributed by atoms with Gasteiger partial charge in [0.05, 0.1) is 5.25 Å². The van der Waals surface area contributed by atoms with Crippen LogP contribution in [0.3, 0.4) is 0 Å². The molecule has 3 rings (SSSR count). The first-order valence-corrected chi connectivity index (χ1v) is 7.95. The van der Waals surface area contributed by atoms with Crippen LogP contribution in [0.25, 0.3) is 22.6 Å². The minimum Gasteiger partial charge on any atom is -0.443 e. The molecule has 0 amide bonds. The number of hydrogen-bond acceptors (Lipinski definition) is 4. The first kappa shape index (κ1) is 17.0. The lowest BCUT2D eigenvalue weighted by Crippen LogP contribution is -1.94. The summed E-state index contributed by atoms with van der Waals surface area (Å²) >= 11 is 3.86. The molecule has 1 aromatic heterocycles. The van der Waals surface area contributed by atoms with Gasteiger partial charge in [0.1, 0.15) is 12.0 Å². The predicted octanol–water partition coefficient (Wildman–Crippen LogP) is 4.90. The number of aromatic nitrogens is 1. The van der Waals surface area contributed by atoms with Gasteiger partial charge in [0, 0.05) is 11.1 Å². The Balaban J connectivity index is 0.000000277. The fourth-order valence-corrected chi connectivity index (χ4v) is 1.94. The van der Waals surface area contributed by atoms with Crippen molar-refractivity contribution in [1.82, 2.24) is 4.98 Å². The average Bonchev–Trinajstić information content (AvgIpc) is 3.13. The van der Waals surface area contributed by atoms with E-state index in [0.717, 1.165) is 35.3 Å². The standard InChI is InChI=1S/C15H11NO.C4H8OS/c1-3-7-12(8-4-1)14-15(17-11-16-14)13-9-5-2-6-10-13;1-2-4(6)3-5/h1-11H;3-4,6H,2H2,1H3. The molecule has 23 heavy (non-hydrogen) atoms. The van der Waals surface area contributed by atoms with E-state index in [4.69, 9.17) is 4.42 Å². The van der Waals surface area contributed by atoms with Gasteiger partial charge in [0.2, 0.25) is 0 Å². The van der Waals surface area contributed by atoms with Gasteiger partial charge in [-0.2, -0.15) is 12.6 Å². The van der Waals surface area contributed by atoms with E-state index in [9.17, 15) is 4.79 Å². The molecule has 118 valence electrons. The minimum absolute atomic E-state index is 0.0509. The maximum absolute atomic E-state index is 9.66. The van der Waals surface area contributed by atoms with E-state index in [-0.39, 0.29) is 5.25 Å². The van der Waals surface area contributed by atoms with E-state index in [1.165, 1.54) is 6.39 Å². The fraction of sp³-hybridized carbons (Fsp3) is 0.158. The molecule has 0 aliphatic carbocycles. The summed E-state index contributed by atoms with van der Waals surface area (Å²) in [5.74, 6) is 0.816. The third-order valence-electron chi connectivity index (χ3n) is 3.23. The Morgan fingerprint density at radius 1 is 1.04 bits per heavy atom. The van der Waals surface area contributed by atoms with Crippen LogP contribution in [0.1, 0.15) is 13.3 Å². The zero-order chi connectivity index (χ0) is 16.5. The molecule has 0 fully saturated rings. The highest BCUT2D eigenvalue weighted by Gasteiger charge is 2.11. The highest BCUT2D eigenvalue weighted by atomic mass is 32.1. The third kappa shape index (κ3) is 4.83. The molecule has 3 nitrogen and oxygen atoms in total. The van der Waals surface area contributed by atoms with Crippen molar-refractivity contribution in [2.24, 2.45) is 0 Å². The van der Waals surface area contributed by atoms with Crippen LogP contribution in [0.15, 0.2) is 71.5 Å². The SMILES string of the molecule is CCC(S)C=O.c1ccc(-c2ncoc2-c2ccccc2)cc1. The summed E-state index contributed by atoms with van der Waals surface area (Å²) in [4.78, 5) is 14.0. The van der Waals surface area contributed by atoms with Gasteiger partial charge in [0.15, 0.2) is 12.2 Å². The minimum atomic E-state index is -0.0509. The average molecular weight is 325 g/mol. The molecule has 0 saturated heterocycles. The molecule has 0 N–H and O–H groups in total. The number of carbonyl (C=O) groups is 1. The summed E-state index contributed by atoms with van der Waals surface area (Å²) in [6, 6.07) is 20.1. The second-order valence-corrected chi connectivity index (χ2v) is 5.54. The monoisotopic (exact) mass is 325 g/mol. The summed E-state index contributed by atoms with van der Waals surface area (Å²) in [6.07, 6.45) is 3.15. The second kappa shape index (κ2) is 8.96. The molecule has 1 unspecified atom stereocenters. The molecule has 0 bridgehead atoms. The Labute approximate surface area is 141 Å². The summed E-state index contributed by atoms with van der Waals surface area (Å²) in [5, 5.41) is -0.0509. The number of hydrogen-bond donors (Lipinski definition) is 1. The topological polar surface area (TPSA) is 43.1 Å². The number of benzene rings is 2. The Morgan fingerprint density at radius 3 is 2.09 bits per heavy atom. The summed E-state index contributed by atoms with van der Waals surface area (Å²) in [7, 11) is 0. The van der Waals surface area contributed by atoms with Crippen LogP contribution in [0.2, 0.25) is 0 Å². The second-order valence-electron chi connectivity index (χ2n) is 4.87. The predicted molar refractivity (Wildman–Crippen MR) is 96.5 cm³/mol. The van der Waals surface area contributed by atoms with Crippen molar-refractivity contribution in [3.05, 3.63) is 67.1 Å². The van der Waals surface area contributed by atoms with Crippen LogP contribution in [-0.4, -0.2) is 16.5 Å². The first-order chi connectivity index (χ1) is 11.3. The van der Waals surface area contributed by atoms with Gasteiger partial charge >= 0.3 is 0 Å². The zero-order valence-corrected chi connectivity index (χ0v) is 13.8. The van der Waals surface area contributed by atoms with E-state index in [1.54, 1.807) is 0 Å². The molecule has 3 aromatic rings. The molecule has 1 heterocycles. The maximum Gasteiger partial charge on any atom is 0.182 e. The molecule has 0 radical (unpaired) electrons. The quantitative estimate of drug-likeness (QED) is 0.548. The van der Waals surface area contributed by atoms with Gasteiger partial charge in [-0.05, 0) is 6.42 Å². The van der Waals surface area contributed by atoms with Crippen LogP contribution < -0.4 is 0 Å². The lowest BCUT2D eigenvalue weighted by atomic mass is 10.1. The summed E-state index contributed by atoms with van der Waals surface area (Å²) in [6.45, 7) is 1.92. The first-order valence-electron chi connectivity index (χ1n) is 7.44. The van der Waals surface area contributed by atoms with Gasteiger partial charge < -0.3 is 9.21 Å². The maximum atomic E-state index is 9.66. The Morgan fingerprint density at radius 2 is 1.61 bits per heavy atom. The van der Waals surface area contributed by atoms with E-state index < -0.39 is 0 Å². The van der Waals surface area contributed by atoms with Gasteiger partial charge in [-0.15, -0.1) is 0 Å². The Bertz CT molecular complexity index is 657. The van der Waals surface area contributed by atoms with Gasteiger partial charge in [-0.1, -0.05) is 67.6 Å². The fourth-order valence-electron chi connectivity index (χ4n) is 1.94. The van der Waals surface area contributed by atoms with Gasteiger partial charge in [0.25, 0.3) is 0 Å². The molecule has 0 spiro atoms. The van der Waals surface area contributed by atoms with Crippen molar-refractivity contribution < 1.29 is 9.21 Å². The molecule has 0 aliphatic heterocycles. The van der Waals surface area contributed by atoms with E-state index in [0.29, 0.717) is 0 Å². The van der Waals surface area contributed by atoms with E-state index >= 15 is 0 Å². The van der Waals surface area contributed by atoms with Crippen LogP contribution in [0.5, 0.6) is 0 Å². The van der Waals surface area contributed by atoms with Gasteiger partial charge in [-0.3, -0.25) is 0 Å². The molecule has 4 heteroatoms. The van der Waals surface area contributed by atoms with Crippen LogP contribution in [0, 0.1) is 0 Å². The van der Waals surface area contributed by atoms with Crippen molar-refractivity contribution in [3.63, 3.8) is 0 Å². The number of thiol groups is 1. The van der Waals surface area contributed by atoms with Crippen molar-refractivity contribution in [2.75, 3.05) is 0 Å². The van der Waals surface area contributed by atoms with E-state index in [2.05, 4.69) is 17.6 Å². The lowest BCUT2D eigenvalue weighted by molar-refractivity contribution is -0.107. The van der Waals surface area contributed by atoms with Crippen LogP contribution in [0.4, 0.5) is 0 Å². The number of oxazole rings is 1. The molecule has 1 atom stereocenters. The van der Waals surface area contributed by atoms with Crippen LogP contribution >= 0.6 is 12.6 Å². The van der Waals surface area contributed by atoms with E-state index in [1.807, 2.05) is 67.6 Å². The number of aldehydes is 1. The highest BCUT2D eigenvalue weighted by molar-refractivity contribution is 7.81. The number of rotatable bonds is 4. The highest BCUT2D eigenvalue weighted by Crippen LogP contribution is 2.30. The molecule has 0 saturated carbocycles. The largest absolute Gasteiger partial charge is 0.443 e. The van der Waals surface area contributed by atoms with Crippen molar-refractivity contribution in [1.29, 1.82) is 0 Å². The molecular formula is C19H19NO2S. The number of carbonyl (C=O) groups excluding carboxylic acids is 1. The van der Waals surface area contributed by atoms with Gasteiger partial charge in [-0.25, -0.2) is 4.98 Å². The Hall–Kier alpha value is -2.33. The molecule has 0 aliphatic rings. The third-order valence-corrected chi connectivity index (χ3v) is 3.71. The van der Waals surface area contributed by atoms with Crippen molar-refractivity contribution in [2.45, 2.75) is 18.6 Å². The van der Waals surface area contributed by atoms with Crippen molar-refractivity contribution in [3.8, 4) is 22.6 Å². The van der Waals surface area contributed by atoms with Crippen molar-refractivity contribution >= 4 is 18.9 Å². The lowest BCUT2D eigenvalue weighted by Gasteiger charge is -2.00. The van der Waals surface area contributed by atoms with Crippen LogP contribution in [-0.2, 0) is 4.79 Å². The zero-order valence-electron chi connectivity index (χ0n) is 12.9. The molecular weight excluding hydrogens is 306 g/mol. The smallest absolute Gasteiger partial charge is 0.182 e. The number of nitrogens with zero attached hydrogens (tertiary/aromatic N) is 1. The summed E-state index contributed by atoms with van der Waals surface area (Å²) in [5.41, 5.74) is 3.00. The normalized spacial score (nSPS) is 11.2. The Kier molecular flexibility index (Phi) is 6.63. The molecule has 2 aromatic carbocycles. The summed E-state index contributed by atoms with van der Waals surface area (Å²) < 4.78 is 5.49.